The first-order valence-corrected chi connectivity index (χ1v) is 5.92. The summed E-state index contributed by atoms with van der Waals surface area (Å²) in [6.07, 6.45) is 0.741. The molecule has 0 bridgehead atoms. The average Bonchev–Trinajstić information content (AvgIpc) is 2.37. The van der Waals surface area contributed by atoms with Gasteiger partial charge in [-0.25, -0.2) is 9.78 Å². The van der Waals surface area contributed by atoms with Crippen LogP contribution in [0.4, 0.5) is 0 Å². The van der Waals surface area contributed by atoms with E-state index in [9.17, 15) is 9.59 Å². The van der Waals surface area contributed by atoms with Gasteiger partial charge in [-0.3, -0.25) is 4.79 Å². The molecule has 1 amide bonds. The van der Waals surface area contributed by atoms with E-state index in [0.29, 0.717) is 18.8 Å². The largest absolute Gasteiger partial charge is 0.478 e. The van der Waals surface area contributed by atoms with Crippen molar-refractivity contribution in [2.24, 2.45) is 0 Å². The number of carbonyl (C=O) groups excluding carboxylic acids is 1. The summed E-state index contributed by atoms with van der Waals surface area (Å²) in [5, 5.41) is 8.90. The van der Waals surface area contributed by atoms with Crippen LogP contribution in [0.5, 0.6) is 0 Å². The number of carboxylic acids is 1. The molecule has 0 saturated heterocycles. The Kier molecular flexibility index (Phi) is 5.44. The standard InChI is InChI=1S/C13H18N2O4/c1-9-10(13(17)18)5-6-11(14-9)12(16)15(2)7-4-8-19-3/h5-6H,4,7-8H2,1-3H3,(H,17,18). The van der Waals surface area contributed by atoms with Gasteiger partial charge in [0.25, 0.3) is 5.91 Å². The van der Waals surface area contributed by atoms with E-state index in [1.54, 1.807) is 26.0 Å². The second kappa shape index (κ2) is 6.84. The lowest BCUT2D eigenvalue weighted by Gasteiger charge is -2.16. The van der Waals surface area contributed by atoms with Crippen molar-refractivity contribution in [1.82, 2.24) is 9.88 Å². The fraction of sp³-hybridized carbons (Fsp3) is 0.462. The third-order valence-corrected chi connectivity index (χ3v) is 2.72. The van der Waals surface area contributed by atoms with E-state index in [2.05, 4.69) is 4.98 Å². The van der Waals surface area contributed by atoms with Crippen molar-refractivity contribution in [3.8, 4) is 0 Å². The highest BCUT2D eigenvalue weighted by molar-refractivity contribution is 5.94. The predicted molar refractivity (Wildman–Crippen MR) is 69.4 cm³/mol. The monoisotopic (exact) mass is 266 g/mol. The maximum absolute atomic E-state index is 12.0. The lowest BCUT2D eigenvalue weighted by Crippen LogP contribution is -2.29. The number of nitrogens with zero attached hydrogens (tertiary/aromatic N) is 2. The molecule has 0 saturated carbocycles. The number of aromatic nitrogens is 1. The predicted octanol–water partition coefficient (Wildman–Crippen LogP) is 1.20. The Labute approximate surface area is 112 Å². The minimum absolute atomic E-state index is 0.110. The molecule has 1 aromatic heterocycles. The number of methoxy groups -OCH3 is 1. The third kappa shape index (κ3) is 4.03. The van der Waals surface area contributed by atoms with Gasteiger partial charge in [0, 0.05) is 27.3 Å². The number of aryl methyl sites for hydroxylation is 1. The van der Waals surface area contributed by atoms with Gasteiger partial charge in [-0.15, -0.1) is 0 Å². The number of hydrogen-bond donors (Lipinski definition) is 1. The first-order chi connectivity index (χ1) is 8.97. The van der Waals surface area contributed by atoms with E-state index in [4.69, 9.17) is 9.84 Å². The second-order valence-electron chi connectivity index (χ2n) is 4.21. The lowest BCUT2D eigenvalue weighted by atomic mass is 10.2. The maximum atomic E-state index is 12.0. The molecule has 0 aliphatic rings. The van der Waals surface area contributed by atoms with E-state index in [1.165, 1.54) is 12.1 Å². The fourth-order valence-corrected chi connectivity index (χ4v) is 1.65. The van der Waals surface area contributed by atoms with E-state index in [1.807, 2.05) is 0 Å². The zero-order chi connectivity index (χ0) is 14.4. The molecule has 1 heterocycles. The summed E-state index contributed by atoms with van der Waals surface area (Å²) in [5.41, 5.74) is 0.699. The zero-order valence-corrected chi connectivity index (χ0v) is 11.3. The van der Waals surface area contributed by atoms with Crippen molar-refractivity contribution in [3.05, 3.63) is 29.1 Å². The molecule has 6 nitrogen and oxygen atoms in total. The van der Waals surface area contributed by atoms with Crippen molar-refractivity contribution in [2.45, 2.75) is 13.3 Å². The van der Waals surface area contributed by atoms with Crippen molar-refractivity contribution in [2.75, 3.05) is 27.3 Å². The Balaban J connectivity index is 2.77. The normalized spacial score (nSPS) is 10.3. The number of rotatable bonds is 6. The molecule has 6 heteroatoms. The van der Waals surface area contributed by atoms with E-state index < -0.39 is 5.97 Å². The van der Waals surface area contributed by atoms with Crippen LogP contribution in [0.3, 0.4) is 0 Å². The average molecular weight is 266 g/mol. The Morgan fingerprint density at radius 1 is 1.42 bits per heavy atom. The number of amides is 1. The van der Waals surface area contributed by atoms with E-state index in [-0.39, 0.29) is 17.2 Å². The molecule has 1 aromatic rings. The summed E-state index contributed by atoms with van der Waals surface area (Å²) in [6.45, 7) is 2.72. The molecule has 0 fully saturated rings. The summed E-state index contributed by atoms with van der Waals surface area (Å²) in [4.78, 5) is 28.5. The van der Waals surface area contributed by atoms with Gasteiger partial charge < -0.3 is 14.7 Å². The Bertz CT molecular complexity index is 474. The van der Waals surface area contributed by atoms with Crippen LogP contribution in [0.25, 0.3) is 0 Å². The first kappa shape index (κ1) is 15.1. The first-order valence-electron chi connectivity index (χ1n) is 5.92. The van der Waals surface area contributed by atoms with E-state index >= 15 is 0 Å². The number of carbonyl (C=O) groups is 2. The second-order valence-corrected chi connectivity index (χ2v) is 4.21. The van der Waals surface area contributed by atoms with Crippen LogP contribution in [0.15, 0.2) is 12.1 Å². The van der Waals surface area contributed by atoms with Crippen LogP contribution < -0.4 is 0 Å². The maximum Gasteiger partial charge on any atom is 0.337 e. The molecular formula is C13H18N2O4. The number of pyridine rings is 1. The molecule has 0 atom stereocenters. The van der Waals surface area contributed by atoms with Crippen LogP contribution in [0.2, 0.25) is 0 Å². The minimum atomic E-state index is -1.04. The van der Waals surface area contributed by atoms with Gasteiger partial charge in [-0.2, -0.15) is 0 Å². The summed E-state index contributed by atoms with van der Waals surface area (Å²) < 4.78 is 4.92. The van der Waals surface area contributed by atoms with Crippen LogP contribution >= 0.6 is 0 Å². The number of hydrogen-bond acceptors (Lipinski definition) is 4. The van der Waals surface area contributed by atoms with Gasteiger partial charge in [-0.05, 0) is 25.5 Å². The van der Waals surface area contributed by atoms with Crippen molar-refractivity contribution in [1.29, 1.82) is 0 Å². The summed E-state index contributed by atoms with van der Waals surface area (Å²) in [6, 6.07) is 2.84. The molecule has 1 rings (SSSR count). The molecule has 1 N–H and O–H groups in total. The van der Waals surface area contributed by atoms with Crippen molar-refractivity contribution >= 4 is 11.9 Å². The zero-order valence-electron chi connectivity index (χ0n) is 11.3. The molecule has 0 spiro atoms. The highest BCUT2D eigenvalue weighted by Gasteiger charge is 2.16. The van der Waals surface area contributed by atoms with Gasteiger partial charge >= 0.3 is 5.97 Å². The molecular weight excluding hydrogens is 248 g/mol. The van der Waals surface area contributed by atoms with Gasteiger partial charge in [0.15, 0.2) is 0 Å². The summed E-state index contributed by atoms with van der Waals surface area (Å²) in [5.74, 6) is -1.27. The summed E-state index contributed by atoms with van der Waals surface area (Å²) >= 11 is 0. The number of carboxylic acid groups (broad SMARTS) is 1. The van der Waals surface area contributed by atoms with E-state index in [0.717, 1.165) is 6.42 Å². The third-order valence-electron chi connectivity index (χ3n) is 2.72. The highest BCUT2D eigenvalue weighted by Crippen LogP contribution is 2.09. The van der Waals surface area contributed by atoms with Gasteiger partial charge in [0.2, 0.25) is 0 Å². The highest BCUT2D eigenvalue weighted by atomic mass is 16.5. The summed E-state index contributed by atoms with van der Waals surface area (Å²) in [7, 11) is 3.29. The topological polar surface area (TPSA) is 79.7 Å². The number of aromatic carboxylic acids is 1. The SMILES string of the molecule is COCCCN(C)C(=O)c1ccc(C(=O)O)c(C)n1. The molecule has 0 aliphatic heterocycles. The quantitative estimate of drug-likeness (QED) is 0.782. The van der Waals surface area contributed by atoms with Gasteiger partial charge in [-0.1, -0.05) is 0 Å². The smallest absolute Gasteiger partial charge is 0.337 e. The van der Waals surface area contributed by atoms with Crippen LogP contribution in [0.1, 0.15) is 33.0 Å². The molecule has 0 aliphatic carbocycles. The molecule has 0 radical (unpaired) electrons. The lowest BCUT2D eigenvalue weighted by molar-refractivity contribution is 0.0692. The Morgan fingerprint density at radius 3 is 2.63 bits per heavy atom. The minimum Gasteiger partial charge on any atom is -0.478 e. The van der Waals surface area contributed by atoms with Crippen molar-refractivity contribution in [3.63, 3.8) is 0 Å². The fourth-order valence-electron chi connectivity index (χ4n) is 1.65. The molecule has 0 unspecified atom stereocenters. The molecule has 104 valence electrons. The van der Waals surface area contributed by atoms with Gasteiger partial charge in [0.05, 0.1) is 11.3 Å². The van der Waals surface area contributed by atoms with Crippen LogP contribution in [-0.2, 0) is 4.74 Å². The van der Waals surface area contributed by atoms with Crippen molar-refractivity contribution < 1.29 is 19.4 Å². The number of ether oxygens (including phenoxy) is 1. The Morgan fingerprint density at radius 2 is 2.11 bits per heavy atom. The molecule has 19 heavy (non-hydrogen) atoms. The Hall–Kier alpha value is -1.95. The van der Waals surface area contributed by atoms with Gasteiger partial charge in [0.1, 0.15) is 5.69 Å². The van der Waals surface area contributed by atoms with Crippen LogP contribution in [-0.4, -0.2) is 54.2 Å². The van der Waals surface area contributed by atoms with Crippen LogP contribution in [0, 0.1) is 6.92 Å². The molecule has 0 aromatic carbocycles.